The molecule has 0 aromatic heterocycles. The topological polar surface area (TPSA) is 66.4 Å². The van der Waals surface area contributed by atoms with Crippen LogP contribution < -0.4 is 5.32 Å². The summed E-state index contributed by atoms with van der Waals surface area (Å²) < 4.78 is 13.5. The summed E-state index contributed by atoms with van der Waals surface area (Å²) in [4.78, 5) is 22.2. The third-order valence-corrected chi connectivity index (χ3v) is 2.72. The lowest BCUT2D eigenvalue weighted by molar-refractivity contribution is -0.138. The Morgan fingerprint density at radius 3 is 2.50 bits per heavy atom. The minimum absolute atomic E-state index is 0.222. The van der Waals surface area contributed by atoms with Crippen molar-refractivity contribution < 1.29 is 19.1 Å². The summed E-state index contributed by atoms with van der Waals surface area (Å²) in [6, 6.07) is 2.64. The van der Waals surface area contributed by atoms with E-state index in [0.717, 1.165) is 6.07 Å². The van der Waals surface area contributed by atoms with Crippen LogP contribution in [0.3, 0.4) is 0 Å². The SMILES string of the molecule is CCC(C(=O)O)c1cc(C)c(F)cc1NC(C)=O. The number of carbonyl (C=O) groups excluding carboxylic acids is 1. The number of nitrogens with one attached hydrogen (secondary N) is 1. The van der Waals surface area contributed by atoms with E-state index in [1.807, 2.05) is 0 Å². The summed E-state index contributed by atoms with van der Waals surface area (Å²) in [5, 5.41) is 11.6. The molecule has 0 aliphatic rings. The van der Waals surface area contributed by atoms with Crippen molar-refractivity contribution in [1.29, 1.82) is 0 Å². The third-order valence-electron chi connectivity index (χ3n) is 2.72. The number of rotatable bonds is 4. The van der Waals surface area contributed by atoms with Crippen molar-refractivity contribution in [3.05, 3.63) is 29.1 Å². The summed E-state index contributed by atoms with van der Waals surface area (Å²) in [6.45, 7) is 4.59. The summed E-state index contributed by atoms with van der Waals surface area (Å²) in [7, 11) is 0. The van der Waals surface area contributed by atoms with E-state index in [-0.39, 0.29) is 11.6 Å². The lowest BCUT2D eigenvalue weighted by Gasteiger charge is -2.17. The lowest BCUT2D eigenvalue weighted by Crippen LogP contribution is -2.16. The smallest absolute Gasteiger partial charge is 0.311 e. The van der Waals surface area contributed by atoms with Crippen LogP contribution in [0.2, 0.25) is 0 Å². The molecule has 2 N–H and O–H groups in total. The van der Waals surface area contributed by atoms with E-state index in [9.17, 15) is 14.0 Å². The highest BCUT2D eigenvalue weighted by atomic mass is 19.1. The van der Waals surface area contributed by atoms with Crippen LogP contribution in [0.1, 0.15) is 37.3 Å². The van der Waals surface area contributed by atoms with Gasteiger partial charge in [0.05, 0.1) is 5.92 Å². The number of aryl methyl sites for hydroxylation is 1. The molecule has 98 valence electrons. The fourth-order valence-corrected chi connectivity index (χ4v) is 1.82. The molecule has 0 radical (unpaired) electrons. The number of halogens is 1. The predicted molar refractivity (Wildman–Crippen MR) is 66.1 cm³/mol. The molecule has 1 aromatic carbocycles. The number of carbonyl (C=O) groups is 2. The van der Waals surface area contributed by atoms with Gasteiger partial charge in [-0.3, -0.25) is 9.59 Å². The van der Waals surface area contributed by atoms with Gasteiger partial charge in [0.1, 0.15) is 5.82 Å². The van der Waals surface area contributed by atoms with Crippen molar-refractivity contribution in [2.45, 2.75) is 33.1 Å². The highest BCUT2D eigenvalue weighted by molar-refractivity contribution is 5.91. The summed E-state index contributed by atoms with van der Waals surface area (Å²) in [6.07, 6.45) is 0.368. The Kier molecular flexibility index (Phi) is 4.42. The molecule has 0 aliphatic heterocycles. The Hall–Kier alpha value is -1.91. The summed E-state index contributed by atoms with van der Waals surface area (Å²) in [5.41, 5.74) is 1.01. The highest BCUT2D eigenvalue weighted by Crippen LogP contribution is 2.30. The van der Waals surface area contributed by atoms with E-state index in [4.69, 9.17) is 5.11 Å². The Morgan fingerprint density at radius 2 is 2.06 bits per heavy atom. The Labute approximate surface area is 105 Å². The quantitative estimate of drug-likeness (QED) is 0.866. The van der Waals surface area contributed by atoms with Gasteiger partial charge in [-0.2, -0.15) is 0 Å². The molecule has 0 fully saturated rings. The molecular weight excluding hydrogens is 237 g/mol. The fraction of sp³-hybridized carbons (Fsp3) is 0.385. The first kappa shape index (κ1) is 14.2. The molecular formula is C13H16FNO3. The molecule has 0 spiro atoms. The van der Waals surface area contributed by atoms with Gasteiger partial charge in [-0.1, -0.05) is 13.0 Å². The fourth-order valence-electron chi connectivity index (χ4n) is 1.82. The zero-order valence-corrected chi connectivity index (χ0v) is 10.6. The minimum atomic E-state index is -0.991. The molecule has 1 unspecified atom stereocenters. The summed E-state index contributed by atoms with van der Waals surface area (Å²) in [5.74, 6) is -2.58. The number of carboxylic acid groups (broad SMARTS) is 1. The van der Waals surface area contributed by atoms with Gasteiger partial charge in [-0.25, -0.2) is 4.39 Å². The van der Waals surface area contributed by atoms with Gasteiger partial charge >= 0.3 is 5.97 Å². The Bertz CT molecular complexity index is 485. The maximum Gasteiger partial charge on any atom is 0.311 e. The van der Waals surface area contributed by atoms with Crippen molar-refractivity contribution in [1.82, 2.24) is 0 Å². The number of amides is 1. The van der Waals surface area contributed by atoms with Crippen LogP contribution in [0.5, 0.6) is 0 Å². The van der Waals surface area contributed by atoms with Crippen molar-refractivity contribution >= 4 is 17.6 Å². The summed E-state index contributed by atoms with van der Waals surface area (Å²) >= 11 is 0. The molecule has 5 heteroatoms. The van der Waals surface area contributed by atoms with Crippen LogP contribution >= 0.6 is 0 Å². The number of hydrogen-bond donors (Lipinski definition) is 2. The average molecular weight is 253 g/mol. The maximum atomic E-state index is 13.5. The van der Waals surface area contributed by atoms with Crippen LogP contribution in [0.15, 0.2) is 12.1 Å². The second kappa shape index (κ2) is 5.62. The number of carboxylic acids is 1. The number of benzene rings is 1. The second-order valence-corrected chi connectivity index (χ2v) is 4.17. The third kappa shape index (κ3) is 3.06. The van der Waals surface area contributed by atoms with Crippen LogP contribution in [-0.2, 0) is 9.59 Å². The first-order valence-corrected chi connectivity index (χ1v) is 5.67. The molecule has 18 heavy (non-hydrogen) atoms. The van der Waals surface area contributed by atoms with Gasteiger partial charge in [0.2, 0.25) is 5.91 Å². The van der Waals surface area contributed by atoms with E-state index in [0.29, 0.717) is 17.5 Å². The maximum absolute atomic E-state index is 13.5. The van der Waals surface area contributed by atoms with Gasteiger partial charge in [0.25, 0.3) is 0 Å². The molecule has 1 amide bonds. The zero-order valence-electron chi connectivity index (χ0n) is 10.6. The van der Waals surface area contributed by atoms with E-state index in [1.54, 1.807) is 13.8 Å². The molecule has 0 saturated heterocycles. The molecule has 1 atom stereocenters. The Balaban J connectivity index is 3.34. The first-order chi connectivity index (χ1) is 8.36. The molecule has 1 rings (SSSR count). The normalized spacial score (nSPS) is 12.0. The average Bonchev–Trinajstić information content (AvgIpc) is 2.24. The van der Waals surface area contributed by atoms with Gasteiger partial charge in [-0.15, -0.1) is 0 Å². The van der Waals surface area contributed by atoms with Crippen molar-refractivity contribution in [2.24, 2.45) is 0 Å². The van der Waals surface area contributed by atoms with Gasteiger partial charge in [0.15, 0.2) is 0 Å². The standard InChI is InChI=1S/C13H16FNO3/c1-4-9(13(17)18)10-5-7(2)11(14)6-12(10)15-8(3)16/h5-6,9H,4H2,1-3H3,(H,15,16)(H,17,18). The zero-order chi connectivity index (χ0) is 13.9. The molecule has 0 bridgehead atoms. The van der Waals surface area contributed by atoms with Crippen LogP contribution in [-0.4, -0.2) is 17.0 Å². The van der Waals surface area contributed by atoms with Crippen molar-refractivity contribution in [2.75, 3.05) is 5.32 Å². The number of anilines is 1. The molecule has 0 heterocycles. The second-order valence-electron chi connectivity index (χ2n) is 4.17. The van der Waals surface area contributed by atoms with E-state index in [2.05, 4.69) is 5.32 Å². The van der Waals surface area contributed by atoms with E-state index < -0.39 is 17.7 Å². The van der Waals surface area contributed by atoms with Gasteiger partial charge in [-0.05, 0) is 30.5 Å². The number of aliphatic carboxylic acids is 1. The Morgan fingerprint density at radius 1 is 1.44 bits per heavy atom. The highest BCUT2D eigenvalue weighted by Gasteiger charge is 2.22. The molecule has 1 aromatic rings. The van der Waals surface area contributed by atoms with Gasteiger partial charge in [0, 0.05) is 12.6 Å². The molecule has 0 aliphatic carbocycles. The minimum Gasteiger partial charge on any atom is -0.481 e. The molecule has 0 saturated carbocycles. The van der Waals surface area contributed by atoms with Crippen LogP contribution in [0.25, 0.3) is 0 Å². The van der Waals surface area contributed by atoms with E-state index >= 15 is 0 Å². The molecule has 4 nitrogen and oxygen atoms in total. The monoisotopic (exact) mass is 253 g/mol. The van der Waals surface area contributed by atoms with Gasteiger partial charge < -0.3 is 10.4 Å². The number of hydrogen-bond acceptors (Lipinski definition) is 2. The van der Waals surface area contributed by atoms with Crippen molar-refractivity contribution in [3.63, 3.8) is 0 Å². The first-order valence-electron chi connectivity index (χ1n) is 5.67. The van der Waals surface area contributed by atoms with Crippen molar-refractivity contribution in [3.8, 4) is 0 Å². The largest absolute Gasteiger partial charge is 0.481 e. The predicted octanol–water partition coefficient (Wildman–Crippen LogP) is 2.67. The van der Waals surface area contributed by atoms with Crippen LogP contribution in [0.4, 0.5) is 10.1 Å². The lowest BCUT2D eigenvalue weighted by atomic mass is 9.93. The van der Waals surface area contributed by atoms with E-state index in [1.165, 1.54) is 13.0 Å². The van der Waals surface area contributed by atoms with Crippen LogP contribution in [0, 0.1) is 12.7 Å².